The van der Waals surface area contributed by atoms with E-state index in [0.717, 1.165) is 19.7 Å². The molecule has 1 aliphatic carbocycles. The first kappa shape index (κ1) is 18.9. The number of nitrogens with zero attached hydrogens (tertiary/aromatic N) is 2. The molecule has 1 aromatic rings. The third-order valence-corrected chi connectivity index (χ3v) is 6.16. The van der Waals surface area contributed by atoms with Crippen molar-refractivity contribution in [1.82, 2.24) is 20.4 Å². The van der Waals surface area contributed by atoms with E-state index in [9.17, 15) is 0 Å². The second kappa shape index (κ2) is 7.37. The molecule has 1 saturated carbocycles. The fourth-order valence-electron chi connectivity index (χ4n) is 4.88. The maximum atomic E-state index is 6.29. The highest BCUT2D eigenvalue weighted by Crippen LogP contribution is 2.50. The van der Waals surface area contributed by atoms with E-state index in [0.29, 0.717) is 17.4 Å². The quantitative estimate of drug-likeness (QED) is 0.776. The standard InChI is InChI=1S/C20H36N4O/c1-15(22-11-10-21-4)17-12-23-24(5)18(17)16-6-8-20(9-7-16)13-19(2,3)14-25-20/h12,15-16,21-22H,6-11,13-14H2,1-5H3. The van der Waals surface area contributed by atoms with Crippen LogP contribution in [0.4, 0.5) is 0 Å². The van der Waals surface area contributed by atoms with Gasteiger partial charge >= 0.3 is 0 Å². The number of aryl methyl sites for hydroxylation is 1. The molecule has 1 atom stereocenters. The van der Waals surface area contributed by atoms with Crippen LogP contribution in [0.2, 0.25) is 0 Å². The van der Waals surface area contributed by atoms with Crippen LogP contribution in [0.1, 0.15) is 76.1 Å². The predicted molar refractivity (Wildman–Crippen MR) is 102 cm³/mol. The van der Waals surface area contributed by atoms with Crippen molar-refractivity contribution in [3.63, 3.8) is 0 Å². The zero-order valence-electron chi connectivity index (χ0n) is 16.7. The van der Waals surface area contributed by atoms with E-state index in [1.54, 1.807) is 0 Å². The summed E-state index contributed by atoms with van der Waals surface area (Å²) in [6.07, 6.45) is 8.08. The number of hydrogen-bond donors (Lipinski definition) is 2. The van der Waals surface area contributed by atoms with Crippen LogP contribution in [0.15, 0.2) is 6.20 Å². The van der Waals surface area contributed by atoms with E-state index in [1.807, 2.05) is 7.05 Å². The first-order valence-electron chi connectivity index (χ1n) is 9.90. The number of aromatic nitrogens is 2. The lowest BCUT2D eigenvalue weighted by Crippen LogP contribution is -2.34. The molecule has 2 N–H and O–H groups in total. The maximum Gasteiger partial charge on any atom is 0.0689 e. The first-order valence-corrected chi connectivity index (χ1v) is 9.90. The van der Waals surface area contributed by atoms with E-state index >= 15 is 0 Å². The first-order chi connectivity index (χ1) is 11.9. The molecule has 1 aliphatic heterocycles. The Morgan fingerprint density at radius 3 is 2.64 bits per heavy atom. The zero-order chi connectivity index (χ0) is 18.1. The largest absolute Gasteiger partial charge is 0.374 e. The fraction of sp³-hybridized carbons (Fsp3) is 0.850. The van der Waals surface area contributed by atoms with Gasteiger partial charge in [0.15, 0.2) is 0 Å². The number of rotatable bonds is 6. The van der Waals surface area contributed by atoms with Crippen LogP contribution in [0.25, 0.3) is 0 Å². The number of ether oxygens (including phenoxy) is 1. The average Bonchev–Trinajstić information content (AvgIpc) is 3.09. The van der Waals surface area contributed by atoms with E-state index in [4.69, 9.17) is 4.74 Å². The van der Waals surface area contributed by atoms with Gasteiger partial charge in [0.05, 0.1) is 18.4 Å². The molecule has 3 rings (SSSR count). The summed E-state index contributed by atoms with van der Waals surface area (Å²) in [5, 5.41) is 11.4. The Balaban J connectivity index is 1.66. The summed E-state index contributed by atoms with van der Waals surface area (Å²) in [6.45, 7) is 9.81. The van der Waals surface area contributed by atoms with E-state index in [2.05, 4.69) is 54.4 Å². The van der Waals surface area contributed by atoms with Crippen LogP contribution in [0.3, 0.4) is 0 Å². The molecule has 5 nitrogen and oxygen atoms in total. The molecule has 2 fully saturated rings. The van der Waals surface area contributed by atoms with Crippen LogP contribution in [-0.4, -0.2) is 42.1 Å². The minimum absolute atomic E-state index is 0.148. The highest BCUT2D eigenvalue weighted by molar-refractivity contribution is 5.26. The molecule has 0 bridgehead atoms. The third-order valence-electron chi connectivity index (χ3n) is 6.16. The molecule has 0 aromatic carbocycles. The van der Waals surface area contributed by atoms with Gasteiger partial charge in [0.25, 0.3) is 0 Å². The van der Waals surface area contributed by atoms with Crippen molar-refractivity contribution in [3.05, 3.63) is 17.5 Å². The van der Waals surface area contributed by atoms with Crippen molar-refractivity contribution in [2.75, 3.05) is 26.7 Å². The topological polar surface area (TPSA) is 51.1 Å². The molecular weight excluding hydrogens is 312 g/mol. The van der Waals surface area contributed by atoms with Gasteiger partial charge in [-0.2, -0.15) is 5.10 Å². The lowest BCUT2D eigenvalue weighted by Gasteiger charge is -2.37. The van der Waals surface area contributed by atoms with Gasteiger partial charge in [-0.25, -0.2) is 0 Å². The normalized spacial score (nSPS) is 30.0. The molecule has 142 valence electrons. The Morgan fingerprint density at radius 2 is 2.04 bits per heavy atom. The second-order valence-corrected chi connectivity index (χ2v) is 8.98. The highest BCUT2D eigenvalue weighted by atomic mass is 16.5. The van der Waals surface area contributed by atoms with Crippen molar-refractivity contribution < 1.29 is 4.74 Å². The van der Waals surface area contributed by atoms with Crippen molar-refractivity contribution in [2.45, 2.75) is 70.4 Å². The summed E-state index contributed by atoms with van der Waals surface area (Å²) in [4.78, 5) is 0. The summed E-state index contributed by atoms with van der Waals surface area (Å²) in [7, 11) is 4.09. The van der Waals surface area contributed by atoms with Gasteiger partial charge in [0.2, 0.25) is 0 Å². The van der Waals surface area contributed by atoms with Gasteiger partial charge in [0, 0.05) is 43.4 Å². The van der Waals surface area contributed by atoms with Gasteiger partial charge in [-0.15, -0.1) is 0 Å². The van der Waals surface area contributed by atoms with Crippen molar-refractivity contribution >= 4 is 0 Å². The Bertz CT molecular complexity index is 572. The number of likely N-dealkylation sites (N-methyl/N-ethyl adjacent to an activating group) is 1. The van der Waals surface area contributed by atoms with Gasteiger partial charge in [0.1, 0.15) is 0 Å². The Hall–Kier alpha value is -0.910. The molecule has 0 radical (unpaired) electrons. The van der Waals surface area contributed by atoms with Gasteiger partial charge in [-0.1, -0.05) is 13.8 Å². The molecule has 0 amide bonds. The van der Waals surface area contributed by atoms with Crippen LogP contribution in [0, 0.1) is 5.41 Å². The van der Waals surface area contributed by atoms with Crippen molar-refractivity contribution in [2.24, 2.45) is 12.5 Å². The maximum absolute atomic E-state index is 6.29. The monoisotopic (exact) mass is 348 g/mol. The van der Waals surface area contributed by atoms with Crippen LogP contribution >= 0.6 is 0 Å². The Labute approximate surface area is 152 Å². The predicted octanol–water partition coefficient (Wildman–Crippen LogP) is 3.13. The van der Waals surface area contributed by atoms with Gasteiger partial charge < -0.3 is 15.4 Å². The number of nitrogens with one attached hydrogen (secondary N) is 2. The minimum atomic E-state index is 0.148. The SMILES string of the molecule is CNCCNC(C)c1cnn(C)c1C1CCC2(CC1)CC(C)(C)CO2. The summed E-state index contributed by atoms with van der Waals surface area (Å²) in [5.41, 5.74) is 3.29. The summed E-state index contributed by atoms with van der Waals surface area (Å²) >= 11 is 0. The Morgan fingerprint density at radius 1 is 1.32 bits per heavy atom. The van der Waals surface area contributed by atoms with E-state index < -0.39 is 0 Å². The van der Waals surface area contributed by atoms with Crippen molar-refractivity contribution in [1.29, 1.82) is 0 Å². The minimum Gasteiger partial charge on any atom is -0.374 e. The Kier molecular flexibility index (Phi) is 5.57. The van der Waals surface area contributed by atoms with Crippen LogP contribution in [0.5, 0.6) is 0 Å². The third kappa shape index (κ3) is 4.09. The summed E-state index contributed by atoms with van der Waals surface area (Å²) in [5.74, 6) is 0.606. The summed E-state index contributed by atoms with van der Waals surface area (Å²) < 4.78 is 8.40. The highest BCUT2D eigenvalue weighted by Gasteiger charge is 2.46. The van der Waals surface area contributed by atoms with E-state index in [-0.39, 0.29) is 5.60 Å². The number of hydrogen-bond acceptors (Lipinski definition) is 4. The van der Waals surface area contributed by atoms with E-state index in [1.165, 1.54) is 43.4 Å². The van der Waals surface area contributed by atoms with Crippen LogP contribution < -0.4 is 10.6 Å². The lowest BCUT2D eigenvalue weighted by molar-refractivity contribution is -0.0298. The second-order valence-electron chi connectivity index (χ2n) is 8.98. The fourth-order valence-corrected chi connectivity index (χ4v) is 4.88. The molecule has 2 aliphatic rings. The van der Waals surface area contributed by atoms with Gasteiger partial charge in [-0.3, -0.25) is 4.68 Å². The zero-order valence-corrected chi connectivity index (χ0v) is 16.7. The average molecular weight is 349 g/mol. The summed E-state index contributed by atoms with van der Waals surface area (Å²) in [6, 6.07) is 0.342. The molecule has 1 spiro atoms. The molecule has 2 heterocycles. The molecule has 25 heavy (non-hydrogen) atoms. The van der Waals surface area contributed by atoms with Crippen LogP contribution in [-0.2, 0) is 11.8 Å². The van der Waals surface area contributed by atoms with Crippen molar-refractivity contribution in [3.8, 4) is 0 Å². The smallest absolute Gasteiger partial charge is 0.0689 e. The molecule has 5 heteroatoms. The molecule has 1 aromatic heterocycles. The molecule has 1 unspecified atom stereocenters. The lowest BCUT2D eigenvalue weighted by atomic mass is 9.72. The van der Waals surface area contributed by atoms with Gasteiger partial charge in [-0.05, 0) is 51.5 Å². The molecular formula is C20H36N4O. The molecule has 1 saturated heterocycles.